The second kappa shape index (κ2) is 5.69. The number of para-hydroxylation sites is 1. The van der Waals surface area contributed by atoms with E-state index in [1.807, 2.05) is 30.3 Å². The van der Waals surface area contributed by atoms with E-state index in [1.165, 1.54) is 5.39 Å². The van der Waals surface area contributed by atoms with Crippen LogP contribution in [-0.4, -0.2) is 4.98 Å². The van der Waals surface area contributed by atoms with Crippen LogP contribution < -0.4 is 0 Å². The van der Waals surface area contributed by atoms with E-state index in [0.29, 0.717) is 5.56 Å². The Morgan fingerprint density at radius 3 is 2.59 bits per heavy atom. The smallest absolute Gasteiger partial charge is 0.0647 e. The number of thiophene rings is 1. The highest BCUT2D eigenvalue weighted by Gasteiger charge is 2.16. The Hall–Kier alpha value is -2.62. The molecule has 1 N–H and O–H groups in total. The topological polar surface area (TPSA) is 15.8 Å². The van der Waals surface area contributed by atoms with Gasteiger partial charge in [-0.15, -0.1) is 11.3 Å². The monoisotopic (exact) mass is 432 g/mol. The fraction of sp³-hybridized carbons (Fsp3) is 0. The predicted molar refractivity (Wildman–Crippen MR) is 122 cm³/mol. The summed E-state index contributed by atoms with van der Waals surface area (Å²) in [6.07, 6.45) is 0. The molecule has 0 radical (unpaired) electrons. The Bertz CT molecular complexity index is 1720. The molecule has 6 aromatic rings. The number of fused-ring (bicyclic) bond motifs is 7. The Morgan fingerprint density at radius 1 is 0.852 bits per heavy atom. The first-order chi connectivity index (χ1) is 15.4. The fourth-order valence-corrected chi connectivity index (χ4v) is 5.74. The average molecular weight is 433 g/mol. The molecule has 0 amide bonds. The number of aromatic amines is 1. The molecule has 0 saturated heterocycles. The number of hydrogen-bond donors (Lipinski definition) is 1. The van der Waals surface area contributed by atoms with Crippen molar-refractivity contribution in [3.63, 3.8) is 0 Å². The highest BCUT2D eigenvalue weighted by atomic mass is 79.9. The second-order valence-electron chi connectivity index (χ2n) is 6.47. The van der Waals surface area contributed by atoms with Crippen LogP contribution in [0.4, 0.5) is 0 Å². The molecule has 6 rings (SSSR count). The first kappa shape index (κ1) is 11.3. The van der Waals surface area contributed by atoms with Crippen molar-refractivity contribution in [2.75, 3.05) is 0 Å². The van der Waals surface area contributed by atoms with Crippen molar-refractivity contribution in [3.8, 4) is 11.1 Å². The summed E-state index contributed by atoms with van der Waals surface area (Å²) in [6.45, 7) is 0. The third-order valence-electron chi connectivity index (χ3n) is 4.96. The van der Waals surface area contributed by atoms with E-state index in [1.54, 1.807) is 11.3 Å². The summed E-state index contributed by atoms with van der Waals surface area (Å²) < 4.78 is 43.7. The number of aromatic nitrogens is 1. The Kier molecular flexibility index (Phi) is 2.37. The van der Waals surface area contributed by atoms with E-state index in [9.17, 15) is 0 Å². The van der Waals surface area contributed by atoms with Crippen molar-refractivity contribution in [2.24, 2.45) is 0 Å². The molecular weight excluding hydrogens is 414 g/mol. The van der Waals surface area contributed by atoms with Gasteiger partial charge in [0, 0.05) is 36.2 Å². The van der Waals surface area contributed by atoms with Gasteiger partial charge in [-0.05, 0) is 35.4 Å². The van der Waals surface area contributed by atoms with Crippen LogP contribution in [-0.2, 0) is 0 Å². The number of benzene rings is 4. The molecule has 0 aliphatic heterocycles. The normalized spacial score (nSPS) is 14.5. The summed E-state index contributed by atoms with van der Waals surface area (Å²) in [5, 5.41) is 4.36. The minimum Gasteiger partial charge on any atom is -0.353 e. The second-order valence-corrected chi connectivity index (χ2v) is 8.38. The molecule has 0 spiro atoms. The fourth-order valence-electron chi connectivity index (χ4n) is 3.75. The predicted octanol–water partition coefficient (Wildman–Crippen LogP) is 8.12. The molecule has 0 unspecified atom stereocenters. The standard InChI is InChI=1S/C24H14BrNS/c25-19-13-17-16-8-4-5-9-20(16)26-23(17)24-22(19)18-12-15(10-11-21(18)27-24)14-6-2-1-3-7-14/h1-13,26H/i1D,2D,3D,6D,7D. The van der Waals surface area contributed by atoms with E-state index in [0.717, 1.165) is 41.1 Å². The van der Waals surface area contributed by atoms with Gasteiger partial charge in [-0.1, -0.05) is 70.4 Å². The number of H-pyrrole nitrogens is 1. The molecule has 0 atom stereocenters. The van der Waals surface area contributed by atoms with Gasteiger partial charge >= 0.3 is 0 Å². The van der Waals surface area contributed by atoms with E-state index in [4.69, 9.17) is 6.85 Å². The van der Waals surface area contributed by atoms with Gasteiger partial charge < -0.3 is 4.98 Å². The molecular formula is C24H14BrNS. The highest BCUT2D eigenvalue weighted by molar-refractivity contribution is 9.10. The van der Waals surface area contributed by atoms with Gasteiger partial charge in [-0.3, -0.25) is 0 Å². The third-order valence-corrected chi connectivity index (χ3v) is 6.77. The van der Waals surface area contributed by atoms with Crippen LogP contribution in [0, 0.1) is 0 Å². The maximum atomic E-state index is 8.33. The number of hydrogen-bond acceptors (Lipinski definition) is 1. The van der Waals surface area contributed by atoms with Crippen LogP contribution in [0.5, 0.6) is 0 Å². The molecule has 27 heavy (non-hydrogen) atoms. The molecule has 1 nitrogen and oxygen atoms in total. The summed E-state index contributed by atoms with van der Waals surface area (Å²) >= 11 is 5.45. The summed E-state index contributed by atoms with van der Waals surface area (Å²) in [7, 11) is 0. The van der Waals surface area contributed by atoms with E-state index < -0.39 is 0 Å². The van der Waals surface area contributed by atoms with Crippen molar-refractivity contribution in [1.29, 1.82) is 0 Å². The summed E-state index contributed by atoms with van der Waals surface area (Å²) in [5.74, 6) is 0. The minimum absolute atomic E-state index is 0.188. The zero-order valence-electron chi connectivity index (χ0n) is 18.9. The van der Waals surface area contributed by atoms with Gasteiger partial charge in [-0.2, -0.15) is 0 Å². The molecule has 3 heteroatoms. The Labute approximate surface area is 175 Å². The quantitative estimate of drug-likeness (QED) is 0.270. The molecule has 0 bridgehead atoms. The lowest BCUT2D eigenvalue weighted by atomic mass is 10.0. The van der Waals surface area contributed by atoms with Crippen LogP contribution >= 0.6 is 27.3 Å². The van der Waals surface area contributed by atoms with E-state index in [2.05, 4.69) is 39.1 Å². The Morgan fingerprint density at radius 2 is 1.70 bits per heavy atom. The lowest BCUT2D eigenvalue weighted by Gasteiger charge is -2.03. The molecule has 0 aliphatic carbocycles. The molecule has 0 saturated carbocycles. The first-order valence-corrected chi connectivity index (χ1v) is 10.1. The number of rotatable bonds is 1. The lowest BCUT2D eigenvalue weighted by molar-refractivity contribution is 1.57. The van der Waals surface area contributed by atoms with Crippen LogP contribution in [0.1, 0.15) is 6.85 Å². The zero-order valence-corrected chi connectivity index (χ0v) is 16.3. The maximum Gasteiger partial charge on any atom is 0.0647 e. The van der Waals surface area contributed by atoms with E-state index in [-0.39, 0.29) is 35.8 Å². The van der Waals surface area contributed by atoms with Crippen LogP contribution in [0.15, 0.2) is 83.2 Å². The van der Waals surface area contributed by atoms with Crippen molar-refractivity contribution in [3.05, 3.63) is 83.2 Å². The molecule has 128 valence electrons. The molecule has 0 fully saturated rings. The lowest BCUT2D eigenvalue weighted by Crippen LogP contribution is -1.77. The Balaban J connectivity index is 1.71. The first-order valence-electron chi connectivity index (χ1n) is 11.0. The summed E-state index contributed by atoms with van der Waals surface area (Å²) in [4.78, 5) is 3.55. The van der Waals surface area contributed by atoms with Gasteiger partial charge in [0.1, 0.15) is 0 Å². The minimum atomic E-state index is -0.380. The van der Waals surface area contributed by atoms with Gasteiger partial charge in [0.05, 0.1) is 17.1 Å². The van der Waals surface area contributed by atoms with Crippen molar-refractivity contribution < 1.29 is 6.85 Å². The SMILES string of the molecule is [2H]c1c([2H])c([2H])c(-c2ccc3sc4c5[nH]c6ccccc6c5cc(Br)c4c3c2)c([2H])c1[2H]. The maximum absolute atomic E-state index is 8.33. The third kappa shape index (κ3) is 2.22. The van der Waals surface area contributed by atoms with Crippen LogP contribution in [0.25, 0.3) is 53.1 Å². The van der Waals surface area contributed by atoms with Gasteiger partial charge in [-0.25, -0.2) is 0 Å². The molecule has 4 aromatic carbocycles. The van der Waals surface area contributed by atoms with Crippen molar-refractivity contribution in [1.82, 2.24) is 4.98 Å². The van der Waals surface area contributed by atoms with Crippen LogP contribution in [0.2, 0.25) is 0 Å². The number of halogens is 1. The number of nitrogens with one attached hydrogen (secondary N) is 1. The van der Waals surface area contributed by atoms with Crippen molar-refractivity contribution >= 4 is 69.2 Å². The van der Waals surface area contributed by atoms with Gasteiger partial charge in [0.15, 0.2) is 0 Å². The van der Waals surface area contributed by atoms with E-state index >= 15 is 0 Å². The van der Waals surface area contributed by atoms with Crippen molar-refractivity contribution in [2.45, 2.75) is 0 Å². The largest absolute Gasteiger partial charge is 0.353 e. The zero-order chi connectivity index (χ0) is 22.3. The molecule has 0 aliphatic rings. The molecule has 2 heterocycles. The van der Waals surface area contributed by atoms with Gasteiger partial charge in [0.2, 0.25) is 0 Å². The molecule has 2 aromatic heterocycles. The summed E-state index contributed by atoms with van der Waals surface area (Å²) in [5.41, 5.74) is 2.99. The average Bonchev–Trinajstić information content (AvgIpc) is 3.35. The summed E-state index contributed by atoms with van der Waals surface area (Å²) in [6, 6.07) is 14.7. The van der Waals surface area contributed by atoms with Gasteiger partial charge in [0.25, 0.3) is 0 Å². The van der Waals surface area contributed by atoms with Crippen LogP contribution in [0.3, 0.4) is 0 Å². The highest BCUT2D eigenvalue weighted by Crippen LogP contribution is 2.44.